The molecule has 2 heterocycles. The Morgan fingerprint density at radius 2 is 1.92 bits per heavy atom. The molecule has 1 atom stereocenters. The summed E-state index contributed by atoms with van der Waals surface area (Å²) in [7, 11) is 1.79. The second kappa shape index (κ2) is 9.41. The largest absolute Gasteiger partial charge is 0.356 e. The van der Waals surface area contributed by atoms with E-state index in [0.29, 0.717) is 0 Å². The first-order chi connectivity index (χ1) is 11.8. The SMILES string of the molecule is CN=C(NCCc1cn2ccccc2n1)NC(C)c1ccccc1.I. The second-order valence-corrected chi connectivity index (χ2v) is 5.72. The zero-order valence-corrected chi connectivity index (χ0v) is 16.8. The van der Waals surface area contributed by atoms with Gasteiger partial charge in [0.05, 0.1) is 11.7 Å². The molecule has 25 heavy (non-hydrogen) atoms. The molecule has 1 aromatic carbocycles. The van der Waals surface area contributed by atoms with Crippen molar-refractivity contribution in [1.29, 1.82) is 0 Å². The number of nitrogens with zero attached hydrogens (tertiary/aromatic N) is 3. The van der Waals surface area contributed by atoms with E-state index in [4.69, 9.17) is 0 Å². The topological polar surface area (TPSA) is 53.7 Å². The van der Waals surface area contributed by atoms with Gasteiger partial charge in [-0.15, -0.1) is 24.0 Å². The molecule has 3 aromatic rings. The van der Waals surface area contributed by atoms with Gasteiger partial charge >= 0.3 is 0 Å². The van der Waals surface area contributed by atoms with Gasteiger partial charge in [-0.25, -0.2) is 4.98 Å². The number of aliphatic imine (C=N–C) groups is 1. The maximum atomic E-state index is 4.61. The number of nitrogens with one attached hydrogen (secondary N) is 2. The number of hydrogen-bond acceptors (Lipinski definition) is 2. The third-order valence-corrected chi connectivity index (χ3v) is 3.96. The molecule has 5 nitrogen and oxygen atoms in total. The van der Waals surface area contributed by atoms with Crippen LogP contribution in [0.1, 0.15) is 24.2 Å². The lowest BCUT2D eigenvalue weighted by atomic mass is 10.1. The lowest BCUT2D eigenvalue weighted by Gasteiger charge is -2.18. The Kier molecular flexibility index (Phi) is 7.24. The summed E-state index contributed by atoms with van der Waals surface area (Å²) in [6, 6.07) is 16.6. The Morgan fingerprint density at radius 1 is 1.16 bits per heavy atom. The van der Waals surface area contributed by atoms with Crippen LogP contribution in [-0.4, -0.2) is 28.9 Å². The fourth-order valence-electron chi connectivity index (χ4n) is 2.64. The normalized spacial score (nSPS) is 12.5. The number of fused-ring (bicyclic) bond motifs is 1. The van der Waals surface area contributed by atoms with E-state index in [-0.39, 0.29) is 30.0 Å². The number of imidazole rings is 1. The Balaban J connectivity index is 0.00000225. The minimum absolute atomic E-state index is 0. The molecule has 0 aliphatic heterocycles. The van der Waals surface area contributed by atoms with Crippen molar-refractivity contribution in [3.63, 3.8) is 0 Å². The maximum Gasteiger partial charge on any atom is 0.191 e. The minimum Gasteiger partial charge on any atom is -0.356 e. The second-order valence-electron chi connectivity index (χ2n) is 5.72. The van der Waals surface area contributed by atoms with E-state index in [1.807, 2.05) is 47.0 Å². The Labute approximate surface area is 165 Å². The average Bonchev–Trinajstić information content (AvgIpc) is 3.04. The molecule has 0 aliphatic rings. The van der Waals surface area contributed by atoms with Crippen molar-refractivity contribution in [3.8, 4) is 0 Å². The van der Waals surface area contributed by atoms with Crippen LogP contribution in [0.2, 0.25) is 0 Å². The van der Waals surface area contributed by atoms with Crippen molar-refractivity contribution in [1.82, 2.24) is 20.0 Å². The van der Waals surface area contributed by atoms with E-state index in [2.05, 4.69) is 45.9 Å². The molecule has 3 rings (SSSR count). The van der Waals surface area contributed by atoms with Gasteiger partial charge in [-0.2, -0.15) is 0 Å². The number of pyridine rings is 1. The first-order valence-electron chi connectivity index (χ1n) is 8.21. The van der Waals surface area contributed by atoms with Crippen molar-refractivity contribution in [2.24, 2.45) is 4.99 Å². The monoisotopic (exact) mass is 449 g/mol. The minimum atomic E-state index is 0. The van der Waals surface area contributed by atoms with Crippen LogP contribution in [0.25, 0.3) is 5.65 Å². The van der Waals surface area contributed by atoms with Crippen LogP contribution in [0.15, 0.2) is 65.9 Å². The van der Waals surface area contributed by atoms with Crippen molar-refractivity contribution in [3.05, 3.63) is 72.2 Å². The van der Waals surface area contributed by atoms with Gasteiger partial charge in [0.2, 0.25) is 0 Å². The van der Waals surface area contributed by atoms with Crippen LogP contribution in [0.3, 0.4) is 0 Å². The van der Waals surface area contributed by atoms with E-state index < -0.39 is 0 Å². The highest BCUT2D eigenvalue weighted by atomic mass is 127. The fraction of sp³-hybridized carbons (Fsp3) is 0.263. The summed E-state index contributed by atoms with van der Waals surface area (Å²) in [5.74, 6) is 0.801. The van der Waals surface area contributed by atoms with E-state index in [0.717, 1.165) is 30.3 Å². The number of halogens is 1. The molecule has 0 aliphatic carbocycles. The van der Waals surface area contributed by atoms with Gasteiger partial charge in [-0.1, -0.05) is 36.4 Å². The molecule has 1 unspecified atom stereocenters. The summed E-state index contributed by atoms with van der Waals surface area (Å²) in [6.45, 7) is 2.91. The fourth-order valence-corrected chi connectivity index (χ4v) is 2.64. The van der Waals surface area contributed by atoms with Crippen molar-refractivity contribution in [2.75, 3.05) is 13.6 Å². The van der Waals surface area contributed by atoms with Gasteiger partial charge < -0.3 is 15.0 Å². The molecule has 0 spiro atoms. The van der Waals surface area contributed by atoms with E-state index >= 15 is 0 Å². The van der Waals surface area contributed by atoms with Gasteiger partial charge in [-0.05, 0) is 24.6 Å². The van der Waals surface area contributed by atoms with Crippen LogP contribution in [0, 0.1) is 0 Å². The molecule has 6 heteroatoms. The van der Waals surface area contributed by atoms with E-state index in [9.17, 15) is 0 Å². The molecule has 0 saturated carbocycles. The Morgan fingerprint density at radius 3 is 2.64 bits per heavy atom. The smallest absolute Gasteiger partial charge is 0.191 e. The highest BCUT2D eigenvalue weighted by molar-refractivity contribution is 14.0. The summed E-state index contributed by atoms with van der Waals surface area (Å²) >= 11 is 0. The Hall–Kier alpha value is -2.09. The molecule has 0 amide bonds. The lowest BCUT2D eigenvalue weighted by molar-refractivity contribution is 0.683. The van der Waals surface area contributed by atoms with Gasteiger partial charge in [-0.3, -0.25) is 4.99 Å². The molecule has 0 fully saturated rings. The average molecular weight is 449 g/mol. The first kappa shape index (κ1) is 19.2. The molecular formula is C19H24IN5. The Bertz CT molecular complexity index is 780. The lowest BCUT2D eigenvalue weighted by Crippen LogP contribution is -2.39. The molecule has 2 aromatic heterocycles. The van der Waals surface area contributed by atoms with Gasteiger partial charge in [0.1, 0.15) is 5.65 Å². The van der Waals surface area contributed by atoms with Crippen LogP contribution < -0.4 is 10.6 Å². The summed E-state index contributed by atoms with van der Waals surface area (Å²) < 4.78 is 2.04. The molecular weight excluding hydrogens is 425 g/mol. The summed E-state index contributed by atoms with van der Waals surface area (Å²) in [5.41, 5.74) is 3.29. The van der Waals surface area contributed by atoms with Crippen molar-refractivity contribution >= 4 is 35.6 Å². The predicted molar refractivity (Wildman–Crippen MR) is 114 cm³/mol. The summed E-state index contributed by atoms with van der Waals surface area (Å²) in [4.78, 5) is 8.90. The van der Waals surface area contributed by atoms with Crippen molar-refractivity contribution < 1.29 is 0 Å². The van der Waals surface area contributed by atoms with Gasteiger partial charge in [0, 0.05) is 32.4 Å². The molecule has 132 valence electrons. The maximum absolute atomic E-state index is 4.61. The van der Waals surface area contributed by atoms with Gasteiger partial charge in [0.25, 0.3) is 0 Å². The third kappa shape index (κ3) is 5.19. The quantitative estimate of drug-likeness (QED) is 0.357. The number of hydrogen-bond donors (Lipinski definition) is 2. The van der Waals surface area contributed by atoms with Gasteiger partial charge in [0.15, 0.2) is 5.96 Å². The molecule has 0 radical (unpaired) electrons. The van der Waals surface area contributed by atoms with Crippen LogP contribution in [-0.2, 0) is 6.42 Å². The highest BCUT2D eigenvalue weighted by Crippen LogP contribution is 2.10. The standard InChI is InChI=1S/C19H23N5.HI/c1-15(16-8-4-3-5-9-16)22-19(20-2)21-12-11-17-14-24-13-7-6-10-18(24)23-17;/h3-10,13-15H,11-12H2,1-2H3,(H2,20,21,22);1H. The zero-order chi connectivity index (χ0) is 16.8. The molecule has 0 bridgehead atoms. The van der Waals surface area contributed by atoms with Crippen LogP contribution >= 0.6 is 24.0 Å². The van der Waals surface area contributed by atoms with E-state index in [1.54, 1.807) is 7.05 Å². The highest BCUT2D eigenvalue weighted by Gasteiger charge is 2.07. The third-order valence-electron chi connectivity index (χ3n) is 3.96. The summed E-state index contributed by atoms with van der Waals surface area (Å²) in [6.07, 6.45) is 4.93. The number of benzene rings is 1. The van der Waals surface area contributed by atoms with Crippen LogP contribution in [0.5, 0.6) is 0 Å². The summed E-state index contributed by atoms with van der Waals surface area (Å²) in [5, 5.41) is 6.76. The number of guanidine groups is 1. The van der Waals surface area contributed by atoms with E-state index in [1.165, 1.54) is 5.56 Å². The van der Waals surface area contributed by atoms with Crippen molar-refractivity contribution in [2.45, 2.75) is 19.4 Å². The molecule has 0 saturated heterocycles. The number of rotatable bonds is 5. The molecule has 2 N–H and O–H groups in total. The number of aromatic nitrogens is 2. The van der Waals surface area contributed by atoms with Crippen LogP contribution in [0.4, 0.5) is 0 Å². The predicted octanol–water partition coefficient (Wildman–Crippen LogP) is 3.42. The first-order valence-corrected chi connectivity index (χ1v) is 8.21. The zero-order valence-electron chi connectivity index (χ0n) is 14.5.